The molecule has 108 valence electrons. The highest BCUT2D eigenvalue weighted by atomic mass is 79.9. The molecule has 0 saturated carbocycles. The zero-order valence-corrected chi connectivity index (χ0v) is 13.2. The second-order valence-corrected chi connectivity index (χ2v) is 6.02. The number of furan rings is 1. The van der Waals surface area contributed by atoms with Crippen LogP contribution in [0, 0.1) is 5.82 Å². The minimum atomic E-state index is -0.840. The minimum absolute atomic E-state index is 0.260. The monoisotopic (exact) mass is 368 g/mol. The van der Waals surface area contributed by atoms with Gasteiger partial charge in [-0.3, -0.25) is 0 Å². The van der Waals surface area contributed by atoms with Crippen LogP contribution in [0.4, 0.5) is 4.39 Å². The quantitative estimate of drug-likeness (QED) is 0.683. The Morgan fingerprint density at radius 2 is 2.05 bits per heavy atom. The molecule has 0 aliphatic heterocycles. The molecule has 0 saturated heterocycles. The van der Waals surface area contributed by atoms with Crippen LogP contribution in [0.2, 0.25) is 5.02 Å². The van der Waals surface area contributed by atoms with Crippen LogP contribution in [0.15, 0.2) is 51.4 Å². The lowest BCUT2D eigenvalue weighted by Crippen LogP contribution is -2.01. The Morgan fingerprint density at radius 3 is 2.76 bits per heavy atom. The summed E-state index contributed by atoms with van der Waals surface area (Å²) in [4.78, 5) is 0. The van der Waals surface area contributed by atoms with E-state index >= 15 is 0 Å². The maximum atomic E-state index is 13.0. The topological polar surface area (TPSA) is 33.4 Å². The van der Waals surface area contributed by atoms with Crippen molar-refractivity contribution in [3.8, 4) is 0 Å². The minimum Gasteiger partial charge on any atom is -0.457 e. The first-order valence-corrected chi connectivity index (χ1v) is 7.51. The highest BCUT2D eigenvalue weighted by Crippen LogP contribution is 2.31. The van der Waals surface area contributed by atoms with E-state index in [4.69, 9.17) is 16.0 Å². The van der Waals surface area contributed by atoms with Gasteiger partial charge in [-0.05, 0) is 45.8 Å². The van der Waals surface area contributed by atoms with Gasteiger partial charge >= 0.3 is 0 Å². The number of rotatable bonds is 3. The van der Waals surface area contributed by atoms with Crippen LogP contribution in [0.3, 0.4) is 0 Å². The molecule has 0 spiro atoms. The maximum absolute atomic E-state index is 13.0. The van der Waals surface area contributed by atoms with Gasteiger partial charge in [-0.1, -0.05) is 29.8 Å². The zero-order valence-electron chi connectivity index (χ0n) is 10.8. The van der Waals surface area contributed by atoms with Crippen LogP contribution in [0.25, 0.3) is 11.0 Å². The zero-order chi connectivity index (χ0) is 15.0. The molecule has 0 aliphatic carbocycles. The van der Waals surface area contributed by atoms with Crippen LogP contribution in [0.1, 0.15) is 17.4 Å². The summed E-state index contributed by atoms with van der Waals surface area (Å²) in [6, 6.07) is 11.6. The van der Waals surface area contributed by atoms with E-state index in [1.54, 1.807) is 12.1 Å². The number of fused-ring (bicyclic) bond motifs is 1. The lowest BCUT2D eigenvalue weighted by molar-refractivity contribution is 0.152. The fourth-order valence-corrected chi connectivity index (χ4v) is 2.91. The highest BCUT2D eigenvalue weighted by molar-refractivity contribution is 9.10. The molecule has 0 radical (unpaired) electrons. The maximum Gasteiger partial charge on any atom is 0.148 e. The fraction of sp³-hybridized carbons (Fsp3) is 0.125. The predicted octanol–water partition coefficient (Wildman–Crippen LogP) is 5.26. The van der Waals surface area contributed by atoms with E-state index in [1.165, 1.54) is 12.1 Å². The van der Waals surface area contributed by atoms with Gasteiger partial charge in [0.25, 0.3) is 0 Å². The van der Waals surface area contributed by atoms with Crippen molar-refractivity contribution >= 4 is 38.5 Å². The molecule has 0 fully saturated rings. The number of para-hydroxylation sites is 1. The van der Waals surface area contributed by atoms with Gasteiger partial charge in [0.2, 0.25) is 0 Å². The first kappa shape index (κ1) is 14.6. The van der Waals surface area contributed by atoms with Gasteiger partial charge in [0.1, 0.15) is 23.3 Å². The lowest BCUT2D eigenvalue weighted by Gasteiger charge is -2.09. The van der Waals surface area contributed by atoms with Gasteiger partial charge in [-0.15, -0.1) is 0 Å². The summed E-state index contributed by atoms with van der Waals surface area (Å²) in [6.45, 7) is 0. The first-order valence-electron chi connectivity index (χ1n) is 6.34. The molecule has 1 aromatic heterocycles. The summed E-state index contributed by atoms with van der Waals surface area (Å²) in [5.41, 5.74) is 1.36. The third-order valence-electron chi connectivity index (χ3n) is 3.27. The van der Waals surface area contributed by atoms with Crippen molar-refractivity contribution in [2.24, 2.45) is 0 Å². The Kier molecular flexibility index (Phi) is 4.02. The summed E-state index contributed by atoms with van der Waals surface area (Å²) in [6.07, 6.45) is -0.580. The molecule has 1 unspecified atom stereocenters. The average molecular weight is 370 g/mol. The number of benzene rings is 2. The van der Waals surface area contributed by atoms with Gasteiger partial charge in [0.15, 0.2) is 0 Å². The highest BCUT2D eigenvalue weighted by Gasteiger charge is 2.16. The Morgan fingerprint density at radius 1 is 1.24 bits per heavy atom. The van der Waals surface area contributed by atoms with Crippen LogP contribution in [-0.2, 0) is 6.42 Å². The van der Waals surface area contributed by atoms with Crippen LogP contribution in [-0.4, -0.2) is 5.11 Å². The van der Waals surface area contributed by atoms with E-state index in [9.17, 15) is 9.50 Å². The van der Waals surface area contributed by atoms with Crippen molar-refractivity contribution in [1.29, 1.82) is 0 Å². The van der Waals surface area contributed by atoms with Crippen LogP contribution < -0.4 is 0 Å². The normalized spacial score (nSPS) is 12.8. The van der Waals surface area contributed by atoms with Gasteiger partial charge in [0.05, 0.1) is 4.47 Å². The molecule has 1 N–H and O–H groups in total. The van der Waals surface area contributed by atoms with Crippen molar-refractivity contribution in [1.82, 2.24) is 0 Å². The van der Waals surface area contributed by atoms with E-state index in [2.05, 4.69) is 15.9 Å². The Balaban J connectivity index is 1.90. The van der Waals surface area contributed by atoms with Gasteiger partial charge in [0, 0.05) is 16.8 Å². The van der Waals surface area contributed by atoms with E-state index in [0.29, 0.717) is 21.9 Å². The largest absolute Gasteiger partial charge is 0.457 e. The molecule has 3 aromatic rings. The van der Waals surface area contributed by atoms with Crippen LogP contribution >= 0.6 is 27.5 Å². The fourth-order valence-electron chi connectivity index (χ4n) is 2.21. The van der Waals surface area contributed by atoms with Crippen molar-refractivity contribution < 1.29 is 13.9 Å². The molecule has 2 aromatic carbocycles. The molecule has 21 heavy (non-hydrogen) atoms. The SMILES string of the molecule is OC(Cc1ccc(F)cc1Cl)c1cc2cccc(Br)c2o1. The third kappa shape index (κ3) is 2.98. The summed E-state index contributed by atoms with van der Waals surface area (Å²) in [7, 11) is 0. The molecule has 2 nitrogen and oxygen atoms in total. The van der Waals surface area contributed by atoms with Crippen molar-refractivity contribution in [3.63, 3.8) is 0 Å². The number of halogens is 3. The van der Waals surface area contributed by atoms with Crippen molar-refractivity contribution in [2.45, 2.75) is 12.5 Å². The molecule has 0 amide bonds. The van der Waals surface area contributed by atoms with E-state index < -0.39 is 11.9 Å². The molecular weight excluding hydrogens is 359 g/mol. The summed E-state index contributed by atoms with van der Waals surface area (Å²) in [5.74, 6) is 0.0585. The van der Waals surface area contributed by atoms with Gasteiger partial charge < -0.3 is 9.52 Å². The molecule has 0 aliphatic rings. The smallest absolute Gasteiger partial charge is 0.148 e. The predicted molar refractivity (Wildman–Crippen MR) is 84.0 cm³/mol. The average Bonchev–Trinajstić information content (AvgIpc) is 2.87. The molecule has 1 heterocycles. The first-order chi connectivity index (χ1) is 10.0. The molecule has 1 atom stereocenters. The Labute approximate surface area is 134 Å². The standard InChI is InChI=1S/C16H11BrClFO2/c17-12-3-1-2-10-7-15(21-16(10)12)14(20)6-9-4-5-11(19)8-13(9)18/h1-5,7-8,14,20H,6H2. The summed E-state index contributed by atoms with van der Waals surface area (Å²) >= 11 is 9.38. The Bertz CT molecular complexity index is 800. The molecule has 0 bridgehead atoms. The van der Waals surface area contributed by atoms with Crippen molar-refractivity contribution in [3.05, 3.63) is 69.1 Å². The second-order valence-electron chi connectivity index (χ2n) is 4.76. The van der Waals surface area contributed by atoms with Crippen molar-refractivity contribution in [2.75, 3.05) is 0 Å². The summed E-state index contributed by atoms with van der Waals surface area (Å²) in [5, 5.41) is 11.5. The van der Waals surface area contributed by atoms with Crippen LogP contribution in [0.5, 0.6) is 0 Å². The molecule has 3 rings (SSSR count). The van der Waals surface area contributed by atoms with Gasteiger partial charge in [-0.25, -0.2) is 4.39 Å². The number of aliphatic hydroxyl groups excluding tert-OH is 1. The Hall–Kier alpha value is -1.36. The molecule has 5 heteroatoms. The number of aliphatic hydroxyl groups is 1. The second kappa shape index (κ2) is 5.79. The number of hydrogen-bond acceptors (Lipinski definition) is 2. The third-order valence-corrected chi connectivity index (χ3v) is 4.25. The van der Waals surface area contributed by atoms with E-state index in [-0.39, 0.29) is 6.42 Å². The van der Waals surface area contributed by atoms with Gasteiger partial charge in [-0.2, -0.15) is 0 Å². The lowest BCUT2D eigenvalue weighted by atomic mass is 10.1. The van der Waals surface area contributed by atoms with E-state index in [1.807, 2.05) is 18.2 Å². The number of hydrogen-bond donors (Lipinski definition) is 1. The van der Waals surface area contributed by atoms with E-state index in [0.717, 1.165) is 9.86 Å². The molecular formula is C16H11BrClFO2. The summed E-state index contributed by atoms with van der Waals surface area (Å²) < 4.78 is 19.5.